The molecule has 3 rings (SSSR count). The minimum atomic E-state index is 0.0314. The minimum absolute atomic E-state index is 0.0314. The molecule has 2 N–H and O–H groups in total. The zero-order valence-electron chi connectivity index (χ0n) is 11.4. The van der Waals surface area contributed by atoms with Crippen LogP contribution in [0.25, 0.3) is 10.9 Å². The molecule has 0 atom stereocenters. The average Bonchev–Trinajstić information content (AvgIpc) is 2.47. The minimum Gasteiger partial charge on any atom is -0.354 e. The third-order valence-electron chi connectivity index (χ3n) is 3.26. The maximum Gasteiger partial charge on any atom is 0.239 e. The van der Waals surface area contributed by atoms with E-state index in [2.05, 4.69) is 20.6 Å². The second-order valence-electron chi connectivity index (χ2n) is 4.69. The lowest BCUT2D eigenvalue weighted by atomic mass is 10.2. The lowest BCUT2D eigenvalue weighted by molar-refractivity contribution is -0.120. The third kappa shape index (κ3) is 2.36. The van der Waals surface area contributed by atoms with Crippen molar-refractivity contribution in [3.8, 4) is 0 Å². The number of nitrogens with one attached hydrogen (secondary N) is 2. The number of carbonyl (C=O) groups is 1. The Balaban J connectivity index is 2.09. The van der Waals surface area contributed by atoms with Crippen molar-refractivity contribution in [2.24, 2.45) is 0 Å². The van der Waals surface area contributed by atoms with Crippen molar-refractivity contribution in [2.75, 3.05) is 36.4 Å². The quantitative estimate of drug-likeness (QED) is 0.871. The molecular weight excluding hydrogens is 254 g/mol. The molecule has 0 radical (unpaired) electrons. The summed E-state index contributed by atoms with van der Waals surface area (Å²) in [6, 6.07) is 7.88. The van der Waals surface area contributed by atoms with E-state index in [9.17, 15) is 4.79 Å². The van der Waals surface area contributed by atoms with Gasteiger partial charge in [-0.1, -0.05) is 12.1 Å². The second-order valence-corrected chi connectivity index (χ2v) is 4.69. The smallest absolute Gasteiger partial charge is 0.239 e. The molecule has 1 fully saturated rings. The number of para-hydroxylation sites is 1. The average molecular weight is 271 g/mol. The summed E-state index contributed by atoms with van der Waals surface area (Å²) in [5.41, 5.74) is 0.888. The zero-order valence-corrected chi connectivity index (χ0v) is 11.4. The van der Waals surface area contributed by atoms with E-state index in [1.807, 2.05) is 36.1 Å². The molecule has 1 amide bonds. The normalized spacial score (nSPS) is 15.2. The molecule has 0 spiro atoms. The van der Waals surface area contributed by atoms with Gasteiger partial charge in [0, 0.05) is 25.0 Å². The molecule has 2 heterocycles. The van der Waals surface area contributed by atoms with E-state index in [0.29, 0.717) is 19.0 Å². The molecule has 1 aromatic carbocycles. The van der Waals surface area contributed by atoms with E-state index in [0.717, 1.165) is 29.8 Å². The van der Waals surface area contributed by atoms with Gasteiger partial charge < -0.3 is 15.5 Å². The number of hydrogen-bond donors (Lipinski definition) is 2. The van der Waals surface area contributed by atoms with Crippen molar-refractivity contribution in [1.82, 2.24) is 15.3 Å². The van der Waals surface area contributed by atoms with Crippen LogP contribution in [0.2, 0.25) is 0 Å². The summed E-state index contributed by atoms with van der Waals surface area (Å²) in [4.78, 5) is 22.6. The molecule has 0 aliphatic carbocycles. The number of fused-ring (bicyclic) bond motifs is 1. The van der Waals surface area contributed by atoms with E-state index in [1.54, 1.807) is 0 Å². The Labute approximate surface area is 117 Å². The standard InChI is InChI=1S/C14H17N5O/c1-2-15-14-17-11-6-4-3-5-10(11)13(18-14)19-8-7-16-12(20)9-19/h3-6H,2,7-9H2,1H3,(H,16,20)(H,15,17,18). The number of hydrogen-bond acceptors (Lipinski definition) is 5. The number of anilines is 2. The lowest BCUT2D eigenvalue weighted by Gasteiger charge is -2.28. The van der Waals surface area contributed by atoms with Gasteiger partial charge in [0.2, 0.25) is 11.9 Å². The maximum absolute atomic E-state index is 11.6. The Morgan fingerprint density at radius 3 is 3.00 bits per heavy atom. The van der Waals surface area contributed by atoms with Crippen LogP contribution >= 0.6 is 0 Å². The molecule has 1 saturated heterocycles. The fourth-order valence-corrected chi connectivity index (χ4v) is 2.36. The van der Waals surface area contributed by atoms with Gasteiger partial charge in [0.25, 0.3) is 0 Å². The Kier molecular flexibility index (Phi) is 3.37. The van der Waals surface area contributed by atoms with Crippen LogP contribution in [-0.4, -0.2) is 42.1 Å². The first-order chi connectivity index (χ1) is 9.78. The Hall–Kier alpha value is -2.37. The van der Waals surface area contributed by atoms with Crippen molar-refractivity contribution < 1.29 is 4.79 Å². The Morgan fingerprint density at radius 1 is 1.35 bits per heavy atom. The van der Waals surface area contributed by atoms with Crippen molar-refractivity contribution >= 4 is 28.6 Å². The third-order valence-corrected chi connectivity index (χ3v) is 3.26. The molecule has 6 heteroatoms. The Bertz CT molecular complexity index is 642. The van der Waals surface area contributed by atoms with E-state index in [-0.39, 0.29) is 5.91 Å². The van der Waals surface area contributed by atoms with E-state index < -0.39 is 0 Å². The van der Waals surface area contributed by atoms with Crippen LogP contribution in [0.5, 0.6) is 0 Å². The predicted octanol–water partition coefficient (Wildman–Crippen LogP) is 0.998. The fourth-order valence-electron chi connectivity index (χ4n) is 2.36. The van der Waals surface area contributed by atoms with E-state index >= 15 is 0 Å². The summed E-state index contributed by atoms with van der Waals surface area (Å²) in [5.74, 6) is 1.46. The van der Waals surface area contributed by atoms with Crippen molar-refractivity contribution in [3.63, 3.8) is 0 Å². The summed E-state index contributed by atoms with van der Waals surface area (Å²) in [6.45, 7) is 4.52. The number of amides is 1. The molecular formula is C14H17N5O. The summed E-state index contributed by atoms with van der Waals surface area (Å²) >= 11 is 0. The van der Waals surface area contributed by atoms with Gasteiger partial charge in [-0.15, -0.1) is 0 Å². The molecule has 1 aromatic heterocycles. The Morgan fingerprint density at radius 2 is 2.20 bits per heavy atom. The molecule has 104 valence electrons. The van der Waals surface area contributed by atoms with Crippen LogP contribution in [0, 0.1) is 0 Å². The number of benzene rings is 1. The highest BCUT2D eigenvalue weighted by Crippen LogP contribution is 2.25. The molecule has 0 unspecified atom stereocenters. The maximum atomic E-state index is 11.6. The highest BCUT2D eigenvalue weighted by Gasteiger charge is 2.20. The van der Waals surface area contributed by atoms with Crippen molar-refractivity contribution in [1.29, 1.82) is 0 Å². The molecule has 20 heavy (non-hydrogen) atoms. The fraction of sp³-hybridized carbons (Fsp3) is 0.357. The van der Waals surface area contributed by atoms with Gasteiger partial charge in [-0.25, -0.2) is 4.98 Å². The predicted molar refractivity (Wildman–Crippen MR) is 78.9 cm³/mol. The molecule has 1 aliphatic heterocycles. The highest BCUT2D eigenvalue weighted by molar-refractivity contribution is 5.93. The molecule has 0 saturated carbocycles. The first-order valence-corrected chi connectivity index (χ1v) is 6.80. The summed E-state index contributed by atoms with van der Waals surface area (Å²) < 4.78 is 0. The zero-order chi connectivity index (χ0) is 13.9. The number of rotatable bonds is 3. The van der Waals surface area contributed by atoms with Gasteiger partial charge in [-0.05, 0) is 19.1 Å². The number of piperazine rings is 1. The van der Waals surface area contributed by atoms with Gasteiger partial charge in [-0.2, -0.15) is 4.98 Å². The van der Waals surface area contributed by atoms with Crippen LogP contribution < -0.4 is 15.5 Å². The van der Waals surface area contributed by atoms with Gasteiger partial charge in [0.15, 0.2) is 0 Å². The van der Waals surface area contributed by atoms with E-state index in [1.165, 1.54) is 0 Å². The van der Waals surface area contributed by atoms with Crippen LogP contribution in [0.15, 0.2) is 24.3 Å². The first-order valence-electron chi connectivity index (χ1n) is 6.80. The molecule has 6 nitrogen and oxygen atoms in total. The monoisotopic (exact) mass is 271 g/mol. The van der Waals surface area contributed by atoms with Crippen LogP contribution in [0.1, 0.15) is 6.92 Å². The van der Waals surface area contributed by atoms with Gasteiger partial charge in [-0.3, -0.25) is 4.79 Å². The van der Waals surface area contributed by atoms with Gasteiger partial charge in [0.05, 0.1) is 12.1 Å². The highest BCUT2D eigenvalue weighted by atomic mass is 16.2. The molecule has 1 aliphatic rings. The number of aromatic nitrogens is 2. The lowest BCUT2D eigenvalue weighted by Crippen LogP contribution is -2.48. The first kappa shape index (κ1) is 12.7. The van der Waals surface area contributed by atoms with Gasteiger partial charge in [0.1, 0.15) is 5.82 Å². The van der Waals surface area contributed by atoms with Crippen LogP contribution in [0.4, 0.5) is 11.8 Å². The van der Waals surface area contributed by atoms with Crippen molar-refractivity contribution in [3.05, 3.63) is 24.3 Å². The van der Waals surface area contributed by atoms with Crippen LogP contribution in [0.3, 0.4) is 0 Å². The SMILES string of the molecule is CCNc1nc(N2CCNC(=O)C2)c2ccccc2n1. The van der Waals surface area contributed by atoms with E-state index in [4.69, 9.17) is 0 Å². The van der Waals surface area contributed by atoms with Crippen LogP contribution in [-0.2, 0) is 4.79 Å². The number of nitrogens with zero attached hydrogens (tertiary/aromatic N) is 3. The van der Waals surface area contributed by atoms with Crippen molar-refractivity contribution in [2.45, 2.75) is 6.92 Å². The topological polar surface area (TPSA) is 70.2 Å². The summed E-state index contributed by atoms with van der Waals surface area (Å²) in [5, 5.41) is 6.95. The summed E-state index contributed by atoms with van der Waals surface area (Å²) in [7, 11) is 0. The van der Waals surface area contributed by atoms with Gasteiger partial charge >= 0.3 is 0 Å². The second kappa shape index (κ2) is 5.32. The molecule has 0 bridgehead atoms. The molecule has 2 aromatic rings. The summed E-state index contributed by atoms with van der Waals surface area (Å²) in [6.07, 6.45) is 0. The number of carbonyl (C=O) groups excluding carboxylic acids is 1. The largest absolute Gasteiger partial charge is 0.354 e.